The predicted octanol–water partition coefficient (Wildman–Crippen LogP) is 3.34. The van der Waals surface area contributed by atoms with Crippen molar-refractivity contribution in [3.05, 3.63) is 35.4 Å². The monoisotopic (exact) mass is 261 g/mol. The fraction of sp³-hybridized carbons (Fsp3) is 0.333. The normalized spacial score (nSPS) is 13.1. The molecule has 7 heteroatoms. The number of nitrogens with two attached hydrogens (primary N) is 1. The van der Waals surface area contributed by atoms with Gasteiger partial charge in [-0.1, -0.05) is 0 Å². The van der Waals surface area contributed by atoms with E-state index < -0.39 is 30.3 Å². The van der Waals surface area contributed by atoms with Crippen molar-refractivity contribution in [2.45, 2.75) is 18.6 Å². The van der Waals surface area contributed by atoms with E-state index in [-0.39, 0.29) is 18.0 Å². The second-order valence-electron chi connectivity index (χ2n) is 3.13. The van der Waals surface area contributed by atoms with Gasteiger partial charge in [-0.3, -0.25) is 0 Å². The van der Waals surface area contributed by atoms with E-state index >= 15 is 0 Å². The molecule has 0 saturated heterocycles. The van der Waals surface area contributed by atoms with Crippen LogP contribution in [-0.2, 0) is 0 Å². The molecule has 92 valence electrons. The van der Waals surface area contributed by atoms with Gasteiger partial charge in [0.2, 0.25) is 0 Å². The Morgan fingerprint density at radius 3 is 1.88 bits per heavy atom. The molecule has 16 heavy (non-hydrogen) atoms. The predicted molar refractivity (Wildman–Crippen MR) is 51.2 cm³/mol. The number of alkyl halides is 3. The molecule has 1 aromatic carbocycles. The number of halogens is 6. The molecular weight excluding hydrogens is 253 g/mol. The largest absolute Gasteiger partial charge is 0.390 e. The lowest BCUT2D eigenvalue weighted by molar-refractivity contribution is -0.138. The van der Waals surface area contributed by atoms with Crippen molar-refractivity contribution in [3.8, 4) is 0 Å². The first-order chi connectivity index (χ1) is 6.78. The van der Waals surface area contributed by atoms with Crippen LogP contribution in [-0.4, -0.2) is 6.18 Å². The van der Waals surface area contributed by atoms with E-state index in [9.17, 15) is 22.0 Å². The molecule has 0 amide bonds. The summed E-state index contributed by atoms with van der Waals surface area (Å²) in [5.74, 6) is -1.88. The zero-order chi connectivity index (χ0) is 11.6. The molecule has 0 aromatic heterocycles. The molecule has 0 unspecified atom stereocenters. The van der Waals surface area contributed by atoms with E-state index in [1.165, 1.54) is 0 Å². The SMILES string of the molecule is Cl.N[C@H](CC(F)(F)F)c1cc(F)cc(F)c1. The van der Waals surface area contributed by atoms with Crippen molar-refractivity contribution < 1.29 is 22.0 Å². The van der Waals surface area contributed by atoms with E-state index in [4.69, 9.17) is 5.73 Å². The van der Waals surface area contributed by atoms with Crippen molar-refractivity contribution in [1.82, 2.24) is 0 Å². The first-order valence-electron chi connectivity index (χ1n) is 4.06. The fourth-order valence-corrected chi connectivity index (χ4v) is 1.16. The lowest BCUT2D eigenvalue weighted by Crippen LogP contribution is -2.20. The van der Waals surface area contributed by atoms with Gasteiger partial charge in [0.15, 0.2) is 0 Å². The quantitative estimate of drug-likeness (QED) is 0.812. The molecule has 0 heterocycles. The van der Waals surface area contributed by atoms with Gasteiger partial charge in [0, 0.05) is 12.1 Å². The zero-order valence-corrected chi connectivity index (χ0v) is 8.71. The van der Waals surface area contributed by atoms with Gasteiger partial charge >= 0.3 is 6.18 Å². The maximum atomic E-state index is 12.6. The molecular formula is C9H9ClF5N. The maximum Gasteiger partial charge on any atom is 0.390 e. The van der Waals surface area contributed by atoms with Crippen LogP contribution in [0.25, 0.3) is 0 Å². The van der Waals surface area contributed by atoms with Crippen LogP contribution in [0.1, 0.15) is 18.0 Å². The second kappa shape index (κ2) is 5.45. The van der Waals surface area contributed by atoms with Crippen LogP contribution in [0.3, 0.4) is 0 Å². The molecule has 1 rings (SSSR count). The molecule has 1 aromatic rings. The Kier molecular flexibility index (Phi) is 5.15. The lowest BCUT2D eigenvalue weighted by Gasteiger charge is -2.14. The summed E-state index contributed by atoms with van der Waals surface area (Å²) in [5.41, 5.74) is 4.96. The maximum absolute atomic E-state index is 12.6. The first-order valence-corrected chi connectivity index (χ1v) is 4.06. The average molecular weight is 262 g/mol. The summed E-state index contributed by atoms with van der Waals surface area (Å²) in [5, 5.41) is 0. The summed E-state index contributed by atoms with van der Waals surface area (Å²) in [6, 6.07) is 0.707. The fourth-order valence-electron chi connectivity index (χ4n) is 1.16. The summed E-state index contributed by atoms with van der Waals surface area (Å²) in [7, 11) is 0. The smallest absolute Gasteiger partial charge is 0.324 e. The van der Waals surface area contributed by atoms with E-state index in [1.54, 1.807) is 0 Å². The number of hydrogen-bond donors (Lipinski definition) is 1. The Labute approximate surface area is 94.8 Å². The molecule has 2 N–H and O–H groups in total. The standard InChI is InChI=1S/C9H8F5N.ClH/c10-6-1-5(2-7(11)3-6)8(15)4-9(12,13)14;/h1-3,8H,4,15H2;1H/t8-;/m1./s1. The van der Waals surface area contributed by atoms with Gasteiger partial charge in [0.1, 0.15) is 11.6 Å². The Bertz CT molecular complexity index is 332. The van der Waals surface area contributed by atoms with Crippen molar-refractivity contribution in [2.75, 3.05) is 0 Å². The van der Waals surface area contributed by atoms with Gasteiger partial charge in [-0.05, 0) is 17.7 Å². The van der Waals surface area contributed by atoms with Crippen LogP contribution in [0.5, 0.6) is 0 Å². The number of hydrogen-bond acceptors (Lipinski definition) is 1. The Morgan fingerprint density at radius 2 is 1.50 bits per heavy atom. The molecule has 0 aliphatic carbocycles. The molecule has 0 bridgehead atoms. The van der Waals surface area contributed by atoms with Crippen LogP contribution in [0.15, 0.2) is 18.2 Å². The van der Waals surface area contributed by atoms with Crippen molar-refractivity contribution in [3.63, 3.8) is 0 Å². The van der Waals surface area contributed by atoms with E-state index in [1.807, 2.05) is 0 Å². The van der Waals surface area contributed by atoms with Gasteiger partial charge < -0.3 is 5.73 Å². The third-order valence-corrected chi connectivity index (χ3v) is 1.76. The summed E-state index contributed by atoms with van der Waals surface area (Å²) >= 11 is 0. The summed E-state index contributed by atoms with van der Waals surface area (Å²) in [6.45, 7) is 0. The zero-order valence-electron chi connectivity index (χ0n) is 7.89. The molecule has 1 nitrogen and oxygen atoms in total. The van der Waals surface area contributed by atoms with Crippen molar-refractivity contribution in [2.24, 2.45) is 5.73 Å². The minimum absolute atomic E-state index is 0. The molecule has 0 saturated carbocycles. The van der Waals surface area contributed by atoms with Crippen LogP contribution >= 0.6 is 12.4 Å². The third-order valence-electron chi connectivity index (χ3n) is 1.76. The first kappa shape index (κ1) is 15.1. The molecule has 0 fully saturated rings. The lowest BCUT2D eigenvalue weighted by atomic mass is 10.0. The van der Waals surface area contributed by atoms with Gasteiger partial charge in [-0.25, -0.2) is 8.78 Å². The van der Waals surface area contributed by atoms with Gasteiger partial charge in [0.05, 0.1) is 6.42 Å². The van der Waals surface area contributed by atoms with E-state index in [0.717, 1.165) is 12.1 Å². The second-order valence-corrected chi connectivity index (χ2v) is 3.13. The van der Waals surface area contributed by atoms with Crippen molar-refractivity contribution in [1.29, 1.82) is 0 Å². The van der Waals surface area contributed by atoms with Gasteiger partial charge in [-0.15, -0.1) is 12.4 Å². The van der Waals surface area contributed by atoms with E-state index in [0.29, 0.717) is 6.07 Å². The Morgan fingerprint density at radius 1 is 1.06 bits per heavy atom. The molecule has 1 atom stereocenters. The Balaban J connectivity index is 0.00000225. The van der Waals surface area contributed by atoms with E-state index in [2.05, 4.69) is 0 Å². The van der Waals surface area contributed by atoms with Crippen LogP contribution < -0.4 is 5.73 Å². The number of benzene rings is 1. The molecule has 0 aliphatic heterocycles. The molecule has 0 aliphatic rings. The Hall–Kier alpha value is -0.880. The highest BCUT2D eigenvalue weighted by atomic mass is 35.5. The van der Waals surface area contributed by atoms with Gasteiger partial charge in [-0.2, -0.15) is 13.2 Å². The molecule has 0 spiro atoms. The third kappa shape index (κ3) is 4.76. The molecule has 0 radical (unpaired) electrons. The van der Waals surface area contributed by atoms with Crippen LogP contribution in [0, 0.1) is 11.6 Å². The highest BCUT2D eigenvalue weighted by Crippen LogP contribution is 2.28. The van der Waals surface area contributed by atoms with Crippen LogP contribution in [0.4, 0.5) is 22.0 Å². The number of rotatable bonds is 2. The minimum Gasteiger partial charge on any atom is -0.324 e. The van der Waals surface area contributed by atoms with Crippen molar-refractivity contribution >= 4 is 12.4 Å². The highest BCUT2D eigenvalue weighted by molar-refractivity contribution is 5.85. The van der Waals surface area contributed by atoms with Crippen LogP contribution in [0.2, 0.25) is 0 Å². The average Bonchev–Trinajstić information content (AvgIpc) is 1.98. The van der Waals surface area contributed by atoms with Gasteiger partial charge in [0.25, 0.3) is 0 Å². The summed E-state index contributed by atoms with van der Waals surface area (Å²) < 4.78 is 61.1. The topological polar surface area (TPSA) is 26.0 Å². The highest BCUT2D eigenvalue weighted by Gasteiger charge is 2.31. The summed E-state index contributed by atoms with van der Waals surface area (Å²) in [4.78, 5) is 0. The summed E-state index contributed by atoms with van der Waals surface area (Å²) in [6.07, 6.45) is -5.77. The minimum atomic E-state index is -4.46.